The lowest BCUT2D eigenvalue weighted by Gasteiger charge is -2.29. The number of hydrogen-bond acceptors (Lipinski definition) is 5. The van der Waals surface area contributed by atoms with Gasteiger partial charge in [0.15, 0.2) is 0 Å². The Kier molecular flexibility index (Phi) is 7.89. The van der Waals surface area contributed by atoms with Crippen LogP contribution in [0.4, 0.5) is 0 Å². The molecule has 0 N–H and O–H groups in total. The third kappa shape index (κ3) is 5.78. The highest BCUT2D eigenvalue weighted by Crippen LogP contribution is 2.26. The Balaban J connectivity index is 1.55. The van der Waals surface area contributed by atoms with E-state index in [1.54, 1.807) is 0 Å². The van der Waals surface area contributed by atoms with Gasteiger partial charge in [0, 0.05) is 31.1 Å². The zero-order chi connectivity index (χ0) is 24.2. The van der Waals surface area contributed by atoms with Gasteiger partial charge < -0.3 is 0 Å². The number of rotatable bonds is 9. The maximum absolute atomic E-state index is 13.5. The Morgan fingerprint density at radius 3 is 2.15 bits per heavy atom. The Hall–Kier alpha value is -2.04. The van der Waals surface area contributed by atoms with Crippen LogP contribution in [0.25, 0.3) is 0 Å². The molecule has 1 aliphatic rings. The van der Waals surface area contributed by atoms with Crippen molar-refractivity contribution in [3.8, 4) is 0 Å². The van der Waals surface area contributed by atoms with Gasteiger partial charge in [-0.3, -0.25) is 0 Å². The molecule has 1 saturated heterocycles. The van der Waals surface area contributed by atoms with E-state index in [1.807, 2.05) is 47.8 Å². The summed E-state index contributed by atoms with van der Waals surface area (Å²) in [5.41, 5.74) is 1.06. The lowest BCUT2D eigenvalue weighted by Crippen LogP contribution is -2.37. The SMILES string of the molecule is CC1CCN(S(=O)(=O)c2ccc(S(=O)(=O)N(CCc3ccccc3)Cc3cccs3)cc2)CC1. The highest BCUT2D eigenvalue weighted by Gasteiger charge is 2.29. The molecule has 1 aromatic heterocycles. The molecule has 2 aromatic carbocycles. The van der Waals surface area contributed by atoms with Crippen LogP contribution < -0.4 is 0 Å². The number of thiophene rings is 1. The van der Waals surface area contributed by atoms with Crippen molar-refractivity contribution in [2.45, 2.75) is 42.5 Å². The molecule has 1 fully saturated rings. The molecule has 6 nitrogen and oxygen atoms in total. The normalized spacial score (nSPS) is 16.2. The van der Waals surface area contributed by atoms with E-state index < -0.39 is 20.0 Å². The average Bonchev–Trinajstić information content (AvgIpc) is 3.36. The first-order chi connectivity index (χ1) is 16.3. The fourth-order valence-electron chi connectivity index (χ4n) is 4.07. The summed E-state index contributed by atoms with van der Waals surface area (Å²) in [7, 11) is -7.44. The Morgan fingerprint density at radius 2 is 1.53 bits per heavy atom. The van der Waals surface area contributed by atoms with Crippen LogP contribution in [0.15, 0.2) is 81.9 Å². The molecule has 0 aliphatic carbocycles. The molecule has 182 valence electrons. The smallest absolute Gasteiger partial charge is 0.207 e. The number of piperidine rings is 1. The third-order valence-corrected chi connectivity index (χ3v) is 10.9. The maximum Gasteiger partial charge on any atom is 0.243 e. The van der Waals surface area contributed by atoms with Crippen LogP contribution in [-0.4, -0.2) is 45.1 Å². The van der Waals surface area contributed by atoms with E-state index >= 15 is 0 Å². The molecular weight excluding hydrogens is 488 g/mol. The number of nitrogens with zero attached hydrogens (tertiary/aromatic N) is 2. The molecule has 0 atom stereocenters. The van der Waals surface area contributed by atoms with E-state index in [-0.39, 0.29) is 16.3 Å². The van der Waals surface area contributed by atoms with Gasteiger partial charge in [-0.1, -0.05) is 43.3 Å². The largest absolute Gasteiger partial charge is 0.243 e. The van der Waals surface area contributed by atoms with Crippen LogP contribution in [0.2, 0.25) is 0 Å². The summed E-state index contributed by atoms with van der Waals surface area (Å²) in [6.07, 6.45) is 2.26. The van der Waals surface area contributed by atoms with E-state index in [4.69, 9.17) is 0 Å². The zero-order valence-corrected chi connectivity index (χ0v) is 21.7. The van der Waals surface area contributed by atoms with Crippen LogP contribution >= 0.6 is 11.3 Å². The van der Waals surface area contributed by atoms with Gasteiger partial charge >= 0.3 is 0 Å². The molecule has 2 heterocycles. The molecule has 34 heavy (non-hydrogen) atoms. The van der Waals surface area contributed by atoms with Gasteiger partial charge in [0.05, 0.1) is 9.79 Å². The molecule has 0 unspecified atom stereocenters. The second kappa shape index (κ2) is 10.7. The number of hydrogen-bond donors (Lipinski definition) is 0. The van der Waals surface area contributed by atoms with Crippen LogP contribution in [0.1, 0.15) is 30.2 Å². The zero-order valence-electron chi connectivity index (χ0n) is 19.2. The van der Waals surface area contributed by atoms with Crippen LogP contribution in [0.5, 0.6) is 0 Å². The summed E-state index contributed by atoms with van der Waals surface area (Å²) in [5, 5.41) is 1.93. The summed E-state index contributed by atoms with van der Waals surface area (Å²) in [5.74, 6) is 0.518. The van der Waals surface area contributed by atoms with E-state index in [0.29, 0.717) is 32.0 Å². The van der Waals surface area contributed by atoms with Crippen LogP contribution in [-0.2, 0) is 33.0 Å². The van der Waals surface area contributed by atoms with Gasteiger partial charge in [-0.25, -0.2) is 16.8 Å². The first kappa shape index (κ1) is 25.1. The Morgan fingerprint density at radius 1 is 0.882 bits per heavy atom. The predicted octanol–water partition coefficient (Wildman–Crippen LogP) is 4.60. The summed E-state index contributed by atoms with van der Waals surface area (Å²) in [4.78, 5) is 1.19. The first-order valence-electron chi connectivity index (χ1n) is 11.4. The van der Waals surface area contributed by atoms with Crippen molar-refractivity contribution in [2.24, 2.45) is 5.92 Å². The molecule has 0 bridgehead atoms. The van der Waals surface area contributed by atoms with Gasteiger partial charge in [0.2, 0.25) is 20.0 Å². The van der Waals surface area contributed by atoms with Crippen molar-refractivity contribution in [3.05, 3.63) is 82.6 Å². The van der Waals surface area contributed by atoms with Crippen molar-refractivity contribution in [1.29, 1.82) is 0 Å². The quantitative estimate of drug-likeness (QED) is 0.415. The summed E-state index contributed by atoms with van der Waals surface area (Å²) >= 11 is 1.52. The topological polar surface area (TPSA) is 74.8 Å². The second-order valence-electron chi connectivity index (χ2n) is 8.71. The van der Waals surface area contributed by atoms with E-state index in [9.17, 15) is 16.8 Å². The maximum atomic E-state index is 13.5. The Labute approximate surface area is 207 Å². The molecule has 0 radical (unpaired) electrons. The standard InChI is InChI=1S/C25H30N2O4S3/c1-21-13-16-26(17-14-21)33(28,29)24-9-11-25(12-10-24)34(30,31)27(20-23-8-5-19-32-23)18-15-22-6-3-2-4-7-22/h2-12,19,21H,13-18,20H2,1H3. The minimum Gasteiger partial charge on any atom is -0.207 e. The van der Waals surface area contributed by atoms with Gasteiger partial charge in [-0.05, 0) is 66.5 Å². The predicted molar refractivity (Wildman–Crippen MR) is 136 cm³/mol. The lowest BCUT2D eigenvalue weighted by molar-refractivity contribution is 0.288. The molecule has 1 aliphatic heterocycles. The molecule has 3 aromatic rings. The lowest BCUT2D eigenvalue weighted by atomic mass is 10.0. The summed E-state index contributed by atoms with van der Waals surface area (Å²) < 4.78 is 56.1. The van der Waals surface area contributed by atoms with Gasteiger partial charge in [-0.2, -0.15) is 8.61 Å². The van der Waals surface area contributed by atoms with Crippen molar-refractivity contribution < 1.29 is 16.8 Å². The van der Waals surface area contributed by atoms with Crippen molar-refractivity contribution in [1.82, 2.24) is 8.61 Å². The van der Waals surface area contributed by atoms with Gasteiger partial charge in [0.1, 0.15) is 0 Å². The van der Waals surface area contributed by atoms with Gasteiger partial charge in [0.25, 0.3) is 0 Å². The fourth-order valence-corrected chi connectivity index (χ4v) is 7.76. The third-order valence-electron chi connectivity index (χ3n) is 6.25. The fraction of sp³-hybridized carbons (Fsp3) is 0.360. The molecule has 0 saturated carbocycles. The van der Waals surface area contributed by atoms with E-state index in [0.717, 1.165) is 23.3 Å². The van der Waals surface area contributed by atoms with Crippen LogP contribution in [0.3, 0.4) is 0 Å². The minimum atomic E-state index is -3.81. The van der Waals surface area contributed by atoms with Gasteiger partial charge in [-0.15, -0.1) is 11.3 Å². The van der Waals surface area contributed by atoms with Crippen molar-refractivity contribution >= 4 is 31.4 Å². The summed E-state index contributed by atoms with van der Waals surface area (Å²) in [6.45, 7) is 3.73. The second-order valence-corrected chi connectivity index (χ2v) is 13.6. The van der Waals surface area contributed by atoms with E-state index in [1.165, 1.54) is 44.2 Å². The van der Waals surface area contributed by atoms with E-state index in [2.05, 4.69) is 6.92 Å². The number of sulfonamides is 2. The Bertz CT molecular complexity index is 1270. The highest BCUT2D eigenvalue weighted by molar-refractivity contribution is 7.89. The number of benzene rings is 2. The van der Waals surface area contributed by atoms with Crippen molar-refractivity contribution in [2.75, 3.05) is 19.6 Å². The molecule has 0 spiro atoms. The molecular formula is C25H30N2O4S3. The summed E-state index contributed by atoms with van der Waals surface area (Å²) in [6, 6.07) is 19.3. The molecule has 0 amide bonds. The minimum absolute atomic E-state index is 0.100. The first-order valence-corrected chi connectivity index (χ1v) is 15.2. The highest BCUT2D eigenvalue weighted by atomic mass is 32.2. The molecule has 4 rings (SSSR count). The average molecular weight is 519 g/mol. The van der Waals surface area contributed by atoms with Crippen molar-refractivity contribution in [3.63, 3.8) is 0 Å². The monoisotopic (exact) mass is 518 g/mol. The van der Waals surface area contributed by atoms with Crippen LogP contribution in [0, 0.1) is 5.92 Å². The molecule has 9 heteroatoms.